The first kappa shape index (κ1) is 22.1. The molecule has 0 atom stereocenters. The van der Waals surface area contributed by atoms with Crippen molar-refractivity contribution in [2.75, 3.05) is 11.9 Å². The van der Waals surface area contributed by atoms with Gasteiger partial charge in [-0.15, -0.1) is 11.3 Å². The van der Waals surface area contributed by atoms with Crippen molar-refractivity contribution < 1.29 is 4.79 Å². The molecule has 0 unspecified atom stereocenters. The first-order valence-electron chi connectivity index (χ1n) is 12.2. The Kier molecular flexibility index (Phi) is 5.91. The molecule has 0 bridgehead atoms. The molecule has 6 rings (SSSR count). The van der Waals surface area contributed by atoms with Crippen LogP contribution in [0, 0.1) is 0 Å². The van der Waals surface area contributed by atoms with Gasteiger partial charge in [-0.1, -0.05) is 36.8 Å². The van der Waals surface area contributed by atoms with E-state index in [4.69, 9.17) is 9.97 Å². The molecule has 0 aliphatic carbocycles. The van der Waals surface area contributed by atoms with Gasteiger partial charge in [0.05, 0.1) is 16.6 Å². The van der Waals surface area contributed by atoms with Gasteiger partial charge in [0, 0.05) is 43.0 Å². The third-order valence-electron chi connectivity index (χ3n) is 6.85. The number of aromatic nitrogens is 3. The smallest absolute Gasteiger partial charge is 0.261 e. The van der Waals surface area contributed by atoms with Gasteiger partial charge in [-0.3, -0.25) is 24.4 Å². The van der Waals surface area contributed by atoms with Crippen LogP contribution in [0.3, 0.4) is 0 Å². The van der Waals surface area contributed by atoms with Gasteiger partial charge in [0.15, 0.2) is 5.13 Å². The summed E-state index contributed by atoms with van der Waals surface area (Å²) in [6, 6.07) is 15.6. The molecule has 1 amide bonds. The fourth-order valence-electron chi connectivity index (χ4n) is 5.01. The summed E-state index contributed by atoms with van der Waals surface area (Å²) in [6.45, 7) is 3.38. The topological polar surface area (TPSA) is 80.1 Å². The normalized spacial score (nSPS) is 15.9. The number of aryl methyl sites for hydroxylation is 1. The number of carbonyl (C=O) groups is 1. The van der Waals surface area contributed by atoms with E-state index in [9.17, 15) is 9.59 Å². The highest BCUT2D eigenvalue weighted by Crippen LogP contribution is 2.29. The molecule has 0 saturated heterocycles. The first-order chi connectivity index (χ1) is 17.1. The maximum absolute atomic E-state index is 13.0. The van der Waals surface area contributed by atoms with Crippen LogP contribution < -0.4 is 10.9 Å². The van der Waals surface area contributed by atoms with Crippen molar-refractivity contribution in [2.45, 2.75) is 51.7 Å². The minimum absolute atomic E-state index is 0.00786. The van der Waals surface area contributed by atoms with Gasteiger partial charge < -0.3 is 0 Å². The molecule has 0 saturated carbocycles. The van der Waals surface area contributed by atoms with Gasteiger partial charge in [0.1, 0.15) is 5.82 Å². The van der Waals surface area contributed by atoms with Crippen molar-refractivity contribution >= 4 is 33.3 Å². The molecule has 2 aliphatic heterocycles. The number of carbonyl (C=O) groups excluding carboxylic acids is 1. The van der Waals surface area contributed by atoms with Crippen molar-refractivity contribution in [1.29, 1.82) is 0 Å². The molecule has 0 radical (unpaired) electrons. The second-order valence-corrected chi connectivity index (χ2v) is 10.4. The van der Waals surface area contributed by atoms with Crippen molar-refractivity contribution in [2.24, 2.45) is 0 Å². The van der Waals surface area contributed by atoms with Gasteiger partial charge in [-0.2, -0.15) is 0 Å². The molecule has 2 aliphatic rings. The molecule has 2 aromatic heterocycles. The molecular weight excluding hydrogens is 458 g/mol. The van der Waals surface area contributed by atoms with Crippen molar-refractivity contribution in [1.82, 2.24) is 19.4 Å². The average Bonchev–Trinajstić information content (AvgIpc) is 3.11. The lowest BCUT2D eigenvalue weighted by Crippen LogP contribution is -2.29. The number of rotatable bonds is 4. The van der Waals surface area contributed by atoms with Gasteiger partial charge in [-0.05, 0) is 43.0 Å². The highest BCUT2D eigenvalue weighted by atomic mass is 32.1. The minimum atomic E-state index is -0.226. The minimum Gasteiger partial charge on any atom is -0.298 e. The van der Waals surface area contributed by atoms with Gasteiger partial charge in [-0.25, -0.2) is 9.97 Å². The van der Waals surface area contributed by atoms with Crippen LogP contribution in [0.25, 0.3) is 10.9 Å². The summed E-state index contributed by atoms with van der Waals surface area (Å²) < 4.78 is 1.80. The van der Waals surface area contributed by atoms with Crippen LogP contribution in [-0.2, 0) is 32.5 Å². The number of nitrogens with zero attached hydrogens (tertiary/aromatic N) is 4. The Morgan fingerprint density at radius 3 is 2.77 bits per heavy atom. The summed E-state index contributed by atoms with van der Waals surface area (Å²) >= 11 is 1.55. The fraction of sp³-hybridized carbons (Fsp3) is 0.333. The zero-order valence-electron chi connectivity index (χ0n) is 19.5. The molecule has 4 heterocycles. The van der Waals surface area contributed by atoms with Crippen LogP contribution >= 0.6 is 11.3 Å². The van der Waals surface area contributed by atoms with E-state index in [0.29, 0.717) is 21.6 Å². The summed E-state index contributed by atoms with van der Waals surface area (Å²) in [6.07, 6.45) is 4.88. The molecule has 35 heavy (non-hydrogen) atoms. The van der Waals surface area contributed by atoms with Crippen LogP contribution in [-0.4, -0.2) is 31.9 Å². The largest absolute Gasteiger partial charge is 0.298 e. The Labute approximate surface area is 207 Å². The number of amides is 1. The summed E-state index contributed by atoms with van der Waals surface area (Å²) in [5.41, 5.74) is 3.41. The van der Waals surface area contributed by atoms with E-state index >= 15 is 0 Å². The lowest BCUT2D eigenvalue weighted by Gasteiger charge is -2.25. The number of hydrogen-bond acceptors (Lipinski definition) is 6. The predicted molar refractivity (Wildman–Crippen MR) is 138 cm³/mol. The molecule has 7 nitrogen and oxygen atoms in total. The number of thiazole rings is 1. The molecular formula is C27H27N5O2S. The summed E-state index contributed by atoms with van der Waals surface area (Å²) in [5.74, 6) is 0.598. The number of anilines is 1. The van der Waals surface area contributed by atoms with E-state index in [-0.39, 0.29) is 11.5 Å². The van der Waals surface area contributed by atoms with Crippen LogP contribution in [0.1, 0.15) is 51.6 Å². The Balaban J connectivity index is 1.19. The molecule has 178 valence electrons. The zero-order valence-corrected chi connectivity index (χ0v) is 20.3. The van der Waals surface area contributed by atoms with E-state index in [1.54, 1.807) is 34.1 Å². The first-order valence-corrected chi connectivity index (χ1v) is 13.1. The van der Waals surface area contributed by atoms with Gasteiger partial charge in [0.25, 0.3) is 11.5 Å². The second kappa shape index (κ2) is 9.36. The lowest BCUT2D eigenvalue weighted by atomic mass is 10.1. The quantitative estimate of drug-likeness (QED) is 0.464. The maximum Gasteiger partial charge on any atom is 0.261 e. The van der Waals surface area contributed by atoms with E-state index in [1.807, 2.05) is 6.07 Å². The third kappa shape index (κ3) is 4.51. The van der Waals surface area contributed by atoms with Crippen LogP contribution in [0.4, 0.5) is 5.13 Å². The van der Waals surface area contributed by atoms with Gasteiger partial charge in [0.2, 0.25) is 0 Å². The molecule has 0 spiro atoms. The number of hydrogen-bond donors (Lipinski definition) is 1. The Hall–Kier alpha value is -3.36. The Morgan fingerprint density at radius 1 is 1.00 bits per heavy atom. The second-order valence-electron chi connectivity index (χ2n) is 9.32. The SMILES string of the molecule is O=C(Nc1nc2c(s1)CCN(Cc1ccccc1)C2)c1ccc2c(=O)n3c(nc2c1)CCCCC3. The van der Waals surface area contributed by atoms with Crippen molar-refractivity contribution in [3.8, 4) is 0 Å². The van der Waals surface area contributed by atoms with Gasteiger partial charge >= 0.3 is 0 Å². The Morgan fingerprint density at radius 2 is 1.89 bits per heavy atom. The molecule has 2 aromatic carbocycles. The predicted octanol–water partition coefficient (Wildman–Crippen LogP) is 4.39. The van der Waals surface area contributed by atoms with Crippen molar-refractivity contribution in [3.05, 3.63) is 86.4 Å². The third-order valence-corrected chi connectivity index (χ3v) is 7.93. The Bertz CT molecular complexity index is 1460. The standard InChI is InChI=1S/C27H27N5O2S/c33-25(19-10-11-20-21(15-19)28-24-9-5-2-6-13-32(24)26(20)34)30-27-29-22-17-31(14-12-23(22)35-27)16-18-7-3-1-4-8-18/h1,3-4,7-8,10-11,15H,2,5-6,9,12-14,16-17H2,(H,29,30,33). The van der Waals surface area contributed by atoms with E-state index in [2.05, 4.69) is 34.5 Å². The number of fused-ring (bicyclic) bond motifs is 3. The fourth-order valence-corrected chi connectivity index (χ4v) is 5.97. The molecule has 8 heteroatoms. The van der Waals surface area contributed by atoms with E-state index in [0.717, 1.165) is 69.8 Å². The lowest BCUT2D eigenvalue weighted by molar-refractivity contribution is 0.102. The maximum atomic E-state index is 13.0. The van der Waals surface area contributed by atoms with E-state index < -0.39 is 0 Å². The van der Waals surface area contributed by atoms with Crippen LogP contribution in [0.5, 0.6) is 0 Å². The molecule has 4 aromatic rings. The summed E-state index contributed by atoms with van der Waals surface area (Å²) in [4.78, 5) is 39.1. The number of nitrogens with one attached hydrogen (secondary N) is 1. The number of benzene rings is 2. The summed E-state index contributed by atoms with van der Waals surface area (Å²) in [5, 5.41) is 4.16. The molecule has 0 fully saturated rings. The zero-order chi connectivity index (χ0) is 23.8. The highest BCUT2D eigenvalue weighted by molar-refractivity contribution is 7.15. The average molecular weight is 486 g/mol. The van der Waals surface area contributed by atoms with E-state index in [1.165, 1.54) is 10.4 Å². The molecule has 1 N–H and O–H groups in total. The van der Waals surface area contributed by atoms with Crippen molar-refractivity contribution in [3.63, 3.8) is 0 Å². The highest BCUT2D eigenvalue weighted by Gasteiger charge is 2.22. The van der Waals surface area contributed by atoms with Crippen LogP contribution in [0.2, 0.25) is 0 Å². The van der Waals surface area contributed by atoms with Crippen LogP contribution in [0.15, 0.2) is 53.3 Å². The summed E-state index contributed by atoms with van der Waals surface area (Å²) in [7, 11) is 0. The monoisotopic (exact) mass is 485 g/mol.